The molecule has 0 radical (unpaired) electrons. The van der Waals surface area contributed by atoms with Gasteiger partial charge in [0, 0.05) is 15.1 Å². The molecule has 0 saturated heterocycles. The van der Waals surface area contributed by atoms with Crippen molar-refractivity contribution in [3.8, 4) is 5.75 Å². The predicted molar refractivity (Wildman–Crippen MR) is 118 cm³/mol. The minimum Gasteiger partial charge on any atom is -0.486 e. The number of nitrogens with one attached hydrogen (secondary N) is 1. The van der Waals surface area contributed by atoms with Crippen molar-refractivity contribution in [2.24, 2.45) is 0 Å². The largest absolute Gasteiger partial charge is 0.486 e. The van der Waals surface area contributed by atoms with Gasteiger partial charge in [-0.25, -0.2) is 9.67 Å². The fraction of sp³-hybridized carbons (Fsp3) is 0.0952. The van der Waals surface area contributed by atoms with Crippen molar-refractivity contribution in [1.82, 2.24) is 14.8 Å². The van der Waals surface area contributed by atoms with Crippen LogP contribution in [0.2, 0.25) is 15.1 Å². The van der Waals surface area contributed by atoms with Gasteiger partial charge in [-0.2, -0.15) is 0 Å². The summed E-state index contributed by atoms with van der Waals surface area (Å²) in [5, 5.41) is 8.47. The van der Waals surface area contributed by atoms with Gasteiger partial charge in [0.15, 0.2) is 5.76 Å². The number of hydrogen-bond donors (Lipinski definition) is 1. The van der Waals surface area contributed by atoms with Crippen LogP contribution in [-0.2, 0) is 13.2 Å². The van der Waals surface area contributed by atoms with Crippen LogP contribution in [0.15, 0.2) is 65.3 Å². The van der Waals surface area contributed by atoms with Crippen molar-refractivity contribution in [2.45, 2.75) is 13.2 Å². The van der Waals surface area contributed by atoms with Crippen molar-refractivity contribution in [3.05, 3.63) is 93.1 Å². The second-order valence-corrected chi connectivity index (χ2v) is 7.75. The van der Waals surface area contributed by atoms with Gasteiger partial charge in [-0.05, 0) is 48.0 Å². The fourth-order valence-electron chi connectivity index (χ4n) is 2.70. The first-order valence-corrected chi connectivity index (χ1v) is 10.2. The van der Waals surface area contributed by atoms with Crippen LogP contribution in [0, 0.1) is 0 Å². The standard InChI is InChI=1S/C21H15Cl3N4O3/c22-14-2-1-3-16(8-14)30-11-17-6-7-19(31-17)20(29)26-21-25-12-28(27-21)10-13-4-5-15(23)9-18(13)24/h1-9,12H,10-11H2,(H,26,27,29). The molecule has 2 aromatic carbocycles. The molecule has 2 heterocycles. The fourth-order valence-corrected chi connectivity index (χ4v) is 3.35. The molecule has 10 heteroatoms. The third kappa shape index (κ3) is 5.58. The van der Waals surface area contributed by atoms with Crippen LogP contribution >= 0.6 is 34.8 Å². The van der Waals surface area contributed by atoms with Gasteiger partial charge in [-0.3, -0.25) is 10.1 Å². The second-order valence-electron chi connectivity index (χ2n) is 6.47. The number of aromatic nitrogens is 3. The first-order valence-electron chi connectivity index (χ1n) is 9.08. The molecular formula is C21H15Cl3N4O3. The summed E-state index contributed by atoms with van der Waals surface area (Å²) in [5.41, 5.74) is 0.823. The molecule has 7 nitrogen and oxygen atoms in total. The Labute approximate surface area is 192 Å². The van der Waals surface area contributed by atoms with E-state index in [1.54, 1.807) is 59.3 Å². The number of rotatable bonds is 7. The number of amides is 1. The van der Waals surface area contributed by atoms with Gasteiger partial charge < -0.3 is 9.15 Å². The summed E-state index contributed by atoms with van der Waals surface area (Å²) in [7, 11) is 0. The highest BCUT2D eigenvalue weighted by Crippen LogP contribution is 2.22. The lowest BCUT2D eigenvalue weighted by molar-refractivity contribution is 0.0991. The number of carbonyl (C=O) groups is 1. The third-order valence-corrected chi connectivity index (χ3v) is 4.99. The number of anilines is 1. The number of hydrogen-bond acceptors (Lipinski definition) is 5. The lowest BCUT2D eigenvalue weighted by atomic mass is 10.2. The Morgan fingerprint density at radius 3 is 2.71 bits per heavy atom. The number of benzene rings is 2. The van der Waals surface area contributed by atoms with Gasteiger partial charge in [0.2, 0.25) is 5.95 Å². The smallest absolute Gasteiger partial charge is 0.293 e. The molecule has 1 N–H and O–H groups in total. The van der Waals surface area contributed by atoms with Crippen molar-refractivity contribution in [2.75, 3.05) is 5.32 Å². The van der Waals surface area contributed by atoms with Crippen molar-refractivity contribution in [1.29, 1.82) is 0 Å². The normalized spacial score (nSPS) is 10.8. The van der Waals surface area contributed by atoms with Gasteiger partial charge in [0.05, 0.1) is 6.54 Å². The maximum absolute atomic E-state index is 12.4. The van der Waals surface area contributed by atoms with Crippen LogP contribution in [0.25, 0.3) is 0 Å². The van der Waals surface area contributed by atoms with E-state index < -0.39 is 5.91 Å². The highest BCUT2D eigenvalue weighted by atomic mass is 35.5. The summed E-state index contributed by atoms with van der Waals surface area (Å²) in [4.78, 5) is 16.5. The summed E-state index contributed by atoms with van der Waals surface area (Å²) in [5.74, 6) is 0.868. The average Bonchev–Trinajstić information content (AvgIpc) is 3.38. The Balaban J connectivity index is 1.34. The zero-order chi connectivity index (χ0) is 21.8. The summed E-state index contributed by atoms with van der Waals surface area (Å²) in [6, 6.07) is 15.4. The molecule has 0 saturated carbocycles. The molecular weight excluding hydrogens is 463 g/mol. The molecule has 2 aromatic heterocycles. The number of halogens is 3. The Kier molecular flexibility index (Phi) is 6.46. The number of carbonyl (C=O) groups excluding carboxylic acids is 1. The van der Waals surface area contributed by atoms with E-state index in [9.17, 15) is 4.79 Å². The van der Waals surface area contributed by atoms with E-state index in [0.29, 0.717) is 33.1 Å². The highest BCUT2D eigenvalue weighted by molar-refractivity contribution is 6.35. The minimum atomic E-state index is -0.476. The van der Waals surface area contributed by atoms with Crippen LogP contribution in [0.1, 0.15) is 21.9 Å². The van der Waals surface area contributed by atoms with Crippen molar-refractivity contribution >= 4 is 46.7 Å². The molecule has 0 atom stereocenters. The molecule has 4 aromatic rings. The molecule has 0 fully saturated rings. The van der Waals surface area contributed by atoms with Gasteiger partial charge in [-0.15, -0.1) is 5.10 Å². The van der Waals surface area contributed by atoms with E-state index in [4.69, 9.17) is 44.0 Å². The first-order chi connectivity index (χ1) is 15.0. The molecule has 0 unspecified atom stereocenters. The summed E-state index contributed by atoms with van der Waals surface area (Å²) >= 11 is 18.0. The number of nitrogens with zero attached hydrogens (tertiary/aromatic N) is 3. The van der Waals surface area contributed by atoms with Crippen LogP contribution < -0.4 is 10.1 Å². The maximum Gasteiger partial charge on any atom is 0.293 e. The molecule has 0 aliphatic carbocycles. The molecule has 0 aliphatic heterocycles. The van der Waals surface area contributed by atoms with E-state index in [1.165, 1.54) is 6.33 Å². The van der Waals surface area contributed by atoms with E-state index in [1.807, 2.05) is 0 Å². The highest BCUT2D eigenvalue weighted by Gasteiger charge is 2.14. The quantitative estimate of drug-likeness (QED) is 0.368. The molecule has 0 aliphatic rings. The lowest BCUT2D eigenvalue weighted by Crippen LogP contribution is -2.12. The topological polar surface area (TPSA) is 82.2 Å². The maximum atomic E-state index is 12.4. The summed E-state index contributed by atoms with van der Waals surface area (Å²) in [6.45, 7) is 0.535. The zero-order valence-corrected chi connectivity index (χ0v) is 18.2. The van der Waals surface area contributed by atoms with Crippen LogP contribution in [0.3, 0.4) is 0 Å². The molecule has 4 rings (SSSR count). The average molecular weight is 478 g/mol. The lowest BCUT2D eigenvalue weighted by Gasteiger charge is -2.04. The Hall–Kier alpha value is -3.00. The van der Waals surface area contributed by atoms with Gasteiger partial charge in [0.1, 0.15) is 24.4 Å². The van der Waals surface area contributed by atoms with Gasteiger partial charge in [-0.1, -0.05) is 46.9 Å². The monoisotopic (exact) mass is 476 g/mol. The van der Waals surface area contributed by atoms with Crippen molar-refractivity contribution in [3.63, 3.8) is 0 Å². The van der Waals surface area contributed by atoms with E-state index in [2.05, 4.69) is 15.4 Å². The van der Waals surface area contributed by atoms with Crippen LogP contribution in [-0.4, -0.2) is 20.7 Å². The van der Waals surface area contributed by atoms with Crippen molar-refractivity contribution < 1.29 is 13.9 Å². The van der Waals surface area contributed by atoms with Crippen LogP contribution in [0.5, 0.6) is 5.75 Å². The summed E-state index contributed by atoms with van der Waals surface area (Å²) < 4.78 is 12.7. The van der Waals surface area contributed by atoms with E-state index >= 15 is 0 Å². The third-order valence-electron chi connectivity index (χ3n) is 4.17. The zero-order valence-electron chi connectivity index (χ0n) is 15.9. The summed E-state index contributed by atoms with van der Waals surface area (Å²) in [6.07, 6.45) is 1.49. The Morgan fingerprint density at radius 2 is 1.90 bits per heavy atom. The minimum absolute atomic E-state index is 0.113. The Bertz CT molecular complexity index is 1220. The molecule has 31 heavy (non-hydrogen) atoms. The van der Waals surface area contributed by atoms with Crippen LogP contribution in [0.4, 0.5) is 5.95 Å². The molecule has 158 valence electrons. The first kappa shape index (κ1) is 21.2. The predicted octanol–water partition coefficient (Wildman–Crippen LogP) is 5.71. The molecule has 0 bridgehead atoms. The molecule has 1 amide bonds. The second kappa shape index (κ2) is 9.43. The number of furan rings is 1. The van der Waals surface area contributed by atoms with E-state index in [-0.39, 0.29) is 18.3 Å². The number of ether oxygens (including phenoxy) is 1. The Morgan fingerprint density at radius 1 is 1.06 bits per heavy atom. The van der Waals surface area contributed by atoms with Gasteiger partial charge >= 0.3 is 0 Å². The van der Waals surface area contributed by atoms with E-state index in [0.717, 1.165) is 5.56 Å². The van der Waals surface area contributed by atoms with Gasteiger partial charge in [0.25, 0.3) is 5.91 Å². The SMILES string of the molecule is O=C(Nc1ncn(Cc2ccc(Cl)cc2Cl)n1)c1ccc(COc2cccc(Cl)c2)o1. The molecule has 0 spiro atoms.